The number of halogens is 1. The Morgan fingerprint density at radius 2 is 2.22 bits per heavy atom. The maximum atomic E-state index is 11.8. The van der Waals surface area contributed by atoms with Crippen LogP contribution in [0.4, 0.5) is 4.79 Å². The number of hydrogen-bond donors (Lipinski definition) is 2. The number of rotatable bonds is 8. The van der Waals surface area contributed by atoms with Crippen molar-refractivity contribution in [3.8, 4) is 0 Å². The third-order valence-corrected chi connectivity index (χ3v) is 4.76. The Hall–Kier alpha value is -1.10. The zero-order valence-corrected chi connectivity index (χ0v) is 19.3. The Morgan fingerprint density at radius 3 is 2.85 bits per heavy atom. The quantitative estimate of drug-likeness (QED) is 0.242. The molecule has 1 aliphatic heterocycles. The molecule has 2 N–H and O–H groups in total. The van der Waals surface area contributed by atoms with Gasteiger partial charge in [-0.3, -0.25) is 4.99 Å². The fourth-order valence-corrected chi connectivity index (χ4v) is 3.05. The summed E-state index contributed by atoms with van der Waals surface area (Å²) in [6, 6.07) is 4.19. The van der Waals surface area contributed by atoms with Crippen LogP contribution in [0.5, 0.6) is 0 Å². The van der Waals surface area contributed by atoms with E-state index in [1.165, 1.54) is 0 Å². The van der Waals surface area contributed by atoms with Crippen LogP contribution in [0.3, 0.4) is 0 Å². The number of aliphatic imine (C=N–C) groups is 1. The summed E-state index contributed by atoms with van der Waals surface area (Å²) in [5.41, 5.74) is 0. The average Bonchev–Trinajstić information content (AvgIpc) is 3.16. The first-order valence-corrected chi connectivity index (χ1v) is 10.6. The van der Waals surface area contributed by atoms with Crippen molar-refractivity contribution in [3.05, 3.63) is 24.2 Å². The highest BCUT2D eigenvalue weighted by Crippen LogP contribution is 2.11. The van der Waals surface area contributed by atoms with Gasteiger partial charge in [0, 0.05) is 37.8 Å². The summed E-state index contributed by atoms with van der Waals surface area (Å²) in [4.78, 5) is 18.2. The number of piperidine rings is 1. The molecule has 0 spiro atoms. The van der Waals surface area contributed by atoms with Crippen molar-refractivity contribution in [2.24, 2.45) is 4.99 Å². The van der Waals surface area contributed by atoms with E-state index < -0.39 is 0 Å². The van der Waals surface area contributed by atoms with Crippen molar-refractivity contribution in [1.29, 1.82) is 0 Å². The SMILES string of the molecule is CCOC(=O)N1CCC(NC(=NCCSC)NCCc2ccco2)CC1.I. The lowest BCUT2D eigenvalue weighted by Crippen LogP contribution is -2.50. The first kappa shape index (κ1) is 23.9. The zero-order chi connectivity index (χ0) is 18.6. The molecule has 7 nitrogen and oxygen atoms in total. The minimum atomic E-state index is -0.212. The number of likely N-dealkylation sites (tertiary alicyclic amines) is 1. The van der Waals surface area contributed by atoms with Gasteiger partial charge in [-0.2, -0.15) is 11.8 Å². The minimum absolute atomic E-state index is 0. The Bertz CT molecular complexity index is 549. The lowest BCUT2D eigenvalue weighted by molar-refractivity contribution is 0.0963. The molecule has 0 unspecified atom stereocenters. The summed E-state index contributed by atoms with van der Waals surface area (Å²) in [5, 5.41) is 6.89. The normalized spacial score (nSPS) is 15.2. The van der Waals surface area contributed by atoms with E-state index >= 15 is 0 Å². The van der Waals surface area contributed by atoms with Crippen LogP contribution in [0.25, 0.3) is 0 Å². The van der Waals surface area contributed by atoms with Gasteiger partial charge in [0.05, 0.1) is 19.4 Å². The van der Waals surface area contributed by atoms with Gasteiger partial charge in [-0.05, 0) is 38.2 Å². The molecule has 2 heterocycles. The smallest absolute Gasteiger partial charge is 0.409 e. The Kier molecular flexibility index (Phi) is 12.4. The van der Waals surface area contributed by atoms with Crippen LogP contribution in [0, 0.1) is 0 Å². The van der Waals surface area contributed by atoms with Crippen LogP contribution in [-0.4, -0.2) is 67.8 Å². The van der Waals surface area contributed by atoms with Gasteiger partial charge in [0.2, 0.25) is 0 Å². The molecular formula is C18H31IN4O3S. The van der Waals surface area contributed by atoms with Gasteiger partial charge < -0.3 is 24.7 Å². The molecule has 1 saturated heterocycles. The molecule has 1 amide bonds. The third kappa shape index (κ3) is 9.09. The number of hydrogen-bond acceptors (Lipinski definition) is 5. The number of furan rings is 1. The molecule has 1 aliphatic rings. The van der Waals surface area contributed by atoms with E-state index in [1.807, 2.05) is 19.1 Å². The fraction of sp³-hybridized carbons (Fsp3) is 0.667. The molecule has 0 aromatic carbocycles. The summed E-state index contributed by atoms with van der Waals surface area (Å²) in [5.74, 6) is 2.79. The van der Waals surface area contributed by atoms with Crippen molar-refractivity contribution in [2.45, 2.75) is 32.2 Å². The lowest BCUT2D eigenvalue weighted by Gasteiger charge is -2.32. The molecule has 0 saturated carbocycles. The summed E-state index contributed by atoms with van der Waals surface area (Å²) < 4.78 is 10.4. The maximum Gasteiger partial charge on any atom is 0.409 e. The summed E-state index contributed by atoms with van der Waals surface area (Å²) in [6.07, 6.45) is 6.16. The van der Waals surface area contributed by atoms with E-state index in [-0.39, 0.29) is 30.1 Å². The van der Waals surface area contributed by atoms with Gasteiger partial charge in [0.25, 0.3) is 0 Å². The van der Waals surface area contributed by atoms with Crippen LogP contribution >= 0.6 is 35.7 Å². The van der Waals surface area contributed by atoms with E-state index in [4.69, 9.17) is 9.15 Å². The van der Waals surface area contributed by atoms with Crippen LogP contribution in [0.1, 0.15) is 25.5 Å². The predicted molar refractivity (Wildman–Crippen MR) is 121 cm³/mol. The second-order valence-electron chi connectivity index (χ2n) is 6.08. The van der Waals surface area contributed by atoms with Gasteiger partial charge in [-0.15, -0.1) is 24.0 Å². The molecule has 0 radical (unpaired) electrons. The Balaban J connectivity index is 0.00000364. The van der Waals surface area contributed by atoms with Gasteiger partial charge >= 0.3 is 6.09 Å². The predicted octanol–water partition coefficient (Wildman–Crippen LogP) is 2.96. The number of guanidine groups is 1. The zero-order valence-electron chi connectivity index (χ0n) is 16.1. The van der Waals surface area contributed by atoms with E-state index in [0.717, 1.165) is 49.8 Å². The van der Waals surface area contributed by atoms with E-state index in [2.05, 4.69) is 21.9 Å². The highest BCUT2D eigenvalue weighted by Gasteiger charge is 2.24. The van der Waals surface area contributed by atoms with E-state index in [0.29, 0.717) is 25.7 Å². The maximum absolute atomic E-state index is 11.8. The van der Waals surface area contributed by atoms with E-state index in [1.54, 1.807) is 22.9 Å². The van der Waals surface area contributed by atoms with Crippen molar-refractivity contribution in [2.75, 3.05) is 44.8 Å². The molecule has 154 valence electrons. The first-order chi connectivity index (χ1) is 12.7. The highest BCUT2D eigenvalue weighted by atomic mass is 127. The first-order valence-electron chi connectivity index (χ1n) is 9.20. The molecule has 1 fully saturated rings. The van der Waals surface area contributed by atoms with Crippen molar-refractivity contribution in [1.82, 2.24) is 15.5 Å². The number of nitrogens with zero attached hydrogens (tertiary/aromatic N) is 2. The van der Waals surface area contributed by atoms with E-state index in [9.17, 15) is 4.79 Å². The molecule has 0 aliphatic carbocycles. The second-order valence-corrected chi connectivity index (χ2v) is 7.07. The minimum Gasteiger partial charge on any atom is -0.469 e. The fourth-order valence-electron chi connectivity index (χ4n) is 2.77. The number of carbonyl (C=O) groups excluding carboxylic acids is 1. The summed E-state index contributed by atoms with van der Waals surface area (Å²) in [7, 11) is 0. The van der Waals surface area contributed by atoms with Crippen LogP contribution in [-0.2, 0) is 11.2 Å². The largest absolute Gasteiger partial charge is 0.469 e. The Labute approximate surface area is 183 Å². The molecule has 2 rings (SSSR count). The monoisotopic (exact) mass is 510 g/mol. The number of thioether (sulfide) groups is 1. The van der Waals surface area contributed by atoms with Gasteiger partial charge in [-0.1, -0.05) is 0 Å². The number of amides is 1. The Morgan fingerprint density at radius 1 is 1.44 bits per heavy atom. The topological polar surface area (TPSA) is 79.1 Å². The number of carbonyl (C=O) groups is 1. The average molecular weight is 510 g/mol. The number of nitrogens with one attached hydrogen (secondary N) is 2. The molecule has 27 heavy (non-hydrogen) atoms. The van der Waals surface area contributed by atoms with Crippen molar-refractivity contribution < 1.29 is 13.9 Å². The number of ether oxygens (including phenoxy) is 1. The standard InChI is InChI=1S/C18H30N4O3S.HI/c1-3-24-18(23)22-11-7-15(8-12-22)21-17(20-10-14-26-2)19-9-6-16-5-4-13-25-16;/h4-5,13,15H,3,6-12,14H2,1-2H3,(H2,19,20,21);1H. The van der Waals surface area contributed by atoms with Crippen LogP contribution in [0.15, 0.2) is 27.8 Å². The summed E-state index contributed by atoms with van der Waals surface area (Å²) in [6.45, 7) is 5.21. The van der Waals surface area contributed by atoms with Gasteiger partial charge in [0.15, 0.2) is 5.96 Å². The van der Waals surface area contributed by atoms with Crippen LogP contribution in [0.2, 0.25) is 0 Å². The van der Waals surface area contributed by atoms with Crippen molar-refractivity contribution >= 4 is 47.8 Å². The molecule has 9 heteroatoms. The lowest BCUT2D eigenvalue weighted by atomic mass is 10.1. The molecule has 0 atom stereocenters. The third-order valence-electron chi connectivity index (χ3n) is 4.17. The van der Waals surface area contributed by atoms with Crippen molar-refractivity contribution in [3.63, 3.8) is 0 Å². The van der Waals surface area contributed by atoms with Gasteiger partial charge in [0.1, 0.15) is 5.76 Å². The second kappa shape index (κ2) is 14.0. The molecule has 0 bridgehead atoms. The molecule has 1 aromatic rings. The highest BCUT2D eigenvalue weighted by molar-refractivity contribution is 14.0. The van der Waals surface area contributed by atoms with Crippen LogP contribution < -0.4 is 10.6 Å². The molecular weight excluding hydrogens is 479 g/mol. The molecule has 1 aromatic heterocycles. The van der Waals surface area contributed by atoms with Gasteiger partial charge in [-0.25, -0.2) is 4.79 Å². The summed E-state index contributed by atoms with van der Waals surface area (Å²) >= 11 is 1.78.